The number of methoxy groups -OCH3 is 1. The third-order valence-corrected chi connectivity index (χ3v) is 4.36. The summed E-state index contributed by atoms with van der Waals surface area (Å²) >= 11 is 1.97. The van der Waals surface area contributed by atoms with E-state index in [9.17, 15) is 5.11 Å². The number of benzene rings is 1. The van der Waals surface area contributed by atoms with Crippen LogP contribution in [0.1, 0.15) is 32.3 Å². The maximum atomic E-state index is 10.3. The molecule has 0 bridgehead atoms. The van der Waals surface area contributed by atoms with Gasteiger partial charge in [-0.3, -0.25) is 0 Å². The van der Waals surface area contributed by atoms with Gasteiger partial charge in [0.15, 0.2) is 11.5 Å². The largest absolute Gasteiger partial charge is 0.493 e. The highest BCUT2D eigenvalue weighted by Crippen LogP contribution is 2.39. The molecule has 1 aromatic carbocycles. The van der Waals surface area contributed by atoms with Crippen LogP contribution in [0, 0.1) is 0 Å². The molecule has 1 N–H and O–H groups in total. The fraction of sp³-hybridized carbons (Fsp3) is 0.600. The molecule has 106 valence electrons. The highest BCUT2D eigenvalue weighted by atomic mass is 32.2. The van der Waals surface area contributed by atoms with Crippen molar-refractivity contribution in [3.05, 3.63) is 23.8 Å². The Balaban J connectivity index is 2.29. The zero-order valence-corrected chi connectivity index (χ0v) is 12.6. The molecule has 19 heavy (non-hydrogen) atoms. The van der Waals surface area contributed by atoms with Crippen molar-refractivity contribution in [2.75, 3.05) is 18.6 Å². The topological polar surface area (TPSA) is 38.7 Å². The van der Waals surface area contributed by atoms with Crippen molar-refractivity contribution in [3.8, 4) is 11.5 Å². The Morgan fingerprint density at radius 1 is 1.26 bits per heavy atom. The van der Waals surface area contributed by atoms with Crippen LogP contribution in [0.15, 0.2) is 18.2 Å². The predicted molar refractivity (Wildman–Crippen MR) is 79.2 cm³/mol. The number of thioether (sulfide) groups is 1. The SMILES string of the molecule is COc1cccc(C(C)(C)O)c1OC1CCSCC1. The number of aliphatic hydroxyl groups is 1. The first-order valence-corrected chi connectivity index (χ1v) is 7.82. The summed E-state index contributed by atoms with van der Waals surface area (Å²) in [6.45, 7) is 3.54. The molecule has 1 heterocycles. The summed E-state index contributed by atoms with van der Waals surface area (Å²) in [5, 5.41) is 10.3. The molecule has 3 nitrogen and oxygen atoms in total. The van der Waals surface area contributed by atoms with Gasteiger partial charge in [0, 0.05) is 5.56 Å². The van der Waals surface area contributed by atoms with Crippen molar-refractivity contribution < 1.29 is 14.6 Å². The van der Waals surface area contributed by atoms with Gasteiger partial charge in [-0.15, -0.1) is 0 Å². The zero-order chi connectivity index (χ0) is 13.9. The molecule has 1 aliphatic rings. The molecule has 2 rings (SSSR count). The number of rotatable bonds is 4. The van der Waals surface area contributed by atoms with Crippen molar-refractivity contribution in [2.45, 2.75) is 38.4 Å². The minimum atomic E-state index is -0.937. The Morgan fingerprint density at radius 2 is 1.95 bits per heavy atom. The molecule has 0 spiro atoms. The van der Waals surface area contributed by atoms with E-state index in [0.717, 1.165) is 29.9 Å². The Kier molecular flexibility index (Phi) is 4.63. The molecule has 0 amide bonds. The van der Waals surface area contributed by atoms with Gasteiger partial charge in [0.05, 0.1) is 12.7 Å². The van der Waals surface area contributed by atoms with Gasteiger partial charge in [0.25, 0.3) is 0 Å². The van der Waals surface area contributed by atoms with Crippen LogP contribution in [0.3, 0.4) is 0 Å². The van der Waals surface area contributed by atoms with E-state index < -0.39 is 5.60 Å². The van der Waals surface area contributed by atoms with E-state index in [4.69, 9.17) is 9.47 Å². The van der Waals surface area contributed by atoms with Gasteiger partial charge in [-0.25, -0.2) is 0 Å². The third kappa shape index (κ3) is 3.57. The van der Waals surface area contributed by atoms with Crippen molar-refractivity contribution >= 4 is 11.8 Å². The van der Waals surface area contributed by atoms with Crippen LogP contribution in [0.5, 0.6) is 11.5 Å². The molecule has 0 unspecified atom stereocenters. The first-order chi connectivity index (χ1) is 9.02. The van der Waals surface area contributed by atoms with Crippen LogP contribution in [0.4, 0.5) is 0 Å². The van der Waals surface area contributed by atoms with Crippen LogP contribution in [-0.4, -0.2) is 29.8 Å². The van der Waals surface area contributed by atoms with Gasteiger partial charge < -0.3 is 14.6 Å². The molecule has 0 radical (unpaired) electrons. The number of para-hydroxylation sites is 1. The second kappa shape index (κ2) is 6.06. The number of hydrogen-bond donors (Lipinski definition) is 1. The summed E-state index contributed by atoms with van der Waals surface area (Å²) in [5.74, 6) is 3.65. The molecule has 1 fully saturated rings. The lowest BCUT2D eigenvalue weighted by Gasteiger charge is -2.28. The van der Waals surface area contributed by atoms with Gasteiger partial charge in [0.1, 0.15) is 6.10 Å². The second-order valence-corrected chi connectivity index (χ2v) is 6.55. The Hall–Kier alpha value is -0.870. The van der Waals surface area contributed by atoms with Crippen LogP contribution in [0.2, 0.25) is 0 Å². The van der Waals surface area contributed by atoms with Crippen LogP contribution < -0.4 is 9.47 Å². The predicted octanol–water partition coefficient (Wildman–Crippen LogP) is 3.20. The summed E-state index contributed by atoms with van der Waals surface area (Å²) in [6, 6.07) is 5.66. The molecule has 0 saturated carbocycles. The monoisotopic (exact) mass is 282 g/mol. The molecule has 0 aliphatic carbocycles. The van der Waals surface area contributed by atoms with Gasteiger partial charge in [-0.2, -0.15) is 11.8 Å². The standard InChI is InChI=1S/C15H22O3S/c1-15(2,16)12-5-4-6-13(17-3)14(12)18-11-7-9-19-10-8-11/h4-6,11,16H,7-10H2,1-3H3. The maximum Gasteiger partial charge on any atom is 0.167 e. The lowest BCUT2D eigenvalue weighted by Crippen LogP contribution is -2.25. The van der Waals surface area contributed by atoms with E-state index in [1.54, 1.807) is 21.0 Å². The first kappa shape index (κ1) is 14.5. The third-order valence-electron chi connectivity index (χ3n) is 3.31. The summed E-state index contributed by atoms with van der Waals surface area (Å²) < 4.78 is 11.5. The molecule has 0 atom stereocenters. The van der Waals surface area contributed by atoms with Crippen LogP contribution in [-0.2, 0) is 5.60 Å². The normalized spacial score (nSPS) is 17.3. The lowest BCUT2D eigenvalue weighted by atomic mass is 9.97. The van der Waals surface area contributed by atoms with Crippen molar-refractivity contribution in [1.29, 1.82) is 0 Å². The van der Waals surface area contributed by atoms with E-state index >= 15 is 0 Å². The number of ether oxygens (including phenoxy) is 2. The molecule has 1 aromatic rings. The molecule has 0 aromatic heterocycles. The summed E-state index contributed by atoms with van der Waals surface area (Å²) in [4.78, 5) is 0. The van der Waals surface area contributed by atoms with Gasteiger partial charge in [-0.05, 0) is 44.3 Å². The van der Waals surface area contributed by atoms with E-state index in [1.165, 1.54) is 0 Å². The van der Waals surface area contributed by atoms with Crippen molar-refractivity contribution in [3.63, 3.8) is 0 Å². The molecule has 1 saturated heterocycles. The highest BCUT2D eigenvalue weighted by molar-refractivity contribution is 7.99. The fourth-order valence-electron chi connectivity index (χ4n) is 2.24. The minimum Gasteiger partial charge on any atom is -0.493 e. The van der Waals surface area contributed by atoms with Crippen molar-refractivity contribution in [1.82, 2.24) is 0 Å². The van der Waals surface area contributed by atoms with E-state index in [-0.39, 0.29) is 6.10 Å². The van der Waals surface area contributed by atoms with Gasteiger partial charge in [-0.1, -0.05) is 12.1 Å². The van der Waals surface area contributed by atoms with Crippen LogP contribution in [0.25, 0.3) is 0 Å². The maximum absolute atomic E-state index is 10.3. The van der Waals surface area contributed by atoms with Gasteiger partial charge >= 0.3 is 0 Å². The Bertz CT molecular complexity index is 420. The quantitative estimate of drug-likeness (QED) is 0.920. The van der Waals surface area contributed by atoms with E-state index in [0.29, 0.717) is 11.5 Å². The average Bonchev–Trinajstić information content (AvgIpc) is 2.39. The average molecular weight is 282 g/mol. The first-order valence-electron chi connectivity index (χ1n) is 6.66. The lowest BCUT2D eigenvalue weighted by molar-refractivity contribution is 0.0707. The summed E-state index contributed by atoms with van der Waals surface area (Å²) in [5.41, 5.74) is -0.155. The Labute approximate surface area is 119 Å². The smallest absolute Gasteiger partial charge is 0.167 e. The van der Waals surface area contributed by atoms with Crippen LogP contribution >= 0.6 is 11.8 Å². The zero-order valence-electron chi connectivity index (χ0n) is 11.8. The summed E-state index contributed by atoms with van der Waals surface area (Å²) in [6.07, 6.45) is 2.32. The van der Waals surface area contributed by atoms with Gasteiger partial charge in [0.2, 0.25) is 0 Å². The van der Waals surface area contributed by atoms with Crippen molar-refractivity contribution in [2.24, 2.45) is 0 Å². The molecular formula is C15H22O3S. The number of hydrogen-bond acceptors (Lipinski definition) is 4. The highest BCUT2D eigenvalue weighted by Gasteiger charge is 2.26. The fourth-order valence-corrected chi connectivity index (χ4v) is 3.30. The minimum absolute atomic E-state index is 0.221. The molecule has 4 heteroatoms. The second-order valence-electron chi connectivity index (χ2n) is 5.33. The summed E-state index contributed by atoms with van der Waals surface area (Å²) in [7, 11) is 1.63. The Morgan fingerprint density at radius 3 is 2.53 bits per heavy atom. The molecular weight excluding hydrogens is 260 g/mol. The van der Waals surface area contributed by atoms with E-state index in [1.807, 2.05) is 30.0 Å². The molecule has 1 aliphatic heterocycles. The van der Waals surface area contributed by atoms with E-state index in [2.05, 4.69) is 0 Å².